The van der Waals surface area contributed by atoms with Crippen molar-refractivity contribution in [3.63, 3.8) is 0 Å². The summed E-state index contributed by atoms with van der Waals surface area (Å²) in [6.07, 6.45) is 3.67. The van der Waals surface area contributed by atoms with Crippen LogP contribution in [0.3, 0.4) is 0 Å². The van der Waals surface area contributed by atoms with Crippen molar-refractivity contribution in [2.45, 2.75) is 51.7 Å². The highest BCUT2D eigenvalue weighted by atomic mass is 16.3. The molecular weight excluding hydrogens is 202 g/mol. The third-order valence-corrected chi connectivity index (χ3v) is 3.07. The minimum atomic E-state index is -0.236. The number of aliphatic hydroxyl groups excluding tert-OH is 1. The monoisotopic (exact) mass is 221 g/mol. The predicted molar refractivity (Wildman–Crippen MR) is 63.4 cm³/mol. The van der Waals surface area contributed by atoms with Gasteiger partial charge in [0.05, 0.1) is 12.1 Å². The summed E-state index contributed by atoms with van der Waals surface area (Å²) in [5, 5.41) is 13.0. The molecule has 1 aromatic heterocycles. The van der Waals surface area contributed by atoms with Crippen molar-refractivity contribution in [3.8, 4) is 0 Å². The van der Waals surface area contributed by atoms with E-state index >= 15 is 0 Å². The zero-order valence-corrected chi connectivity index (χ0v) is 9.90. The highest BCUT2D eigenvalue weighted by Gasteiger charge is 2.25. The SMILES string of the molecule is CCc1cc(N[C@@H]2CCC[C@H]2O)nc(C)n1. The maximum absolute atomic E-state index is 9.74. The second-order valence-corrected chi connectivity index (χ2v) is 4.39. The molecular formula is C12H19N3O. The Labute approximate surface area is 96.1 Å². The summed E-state index contributed by atoms with van der Waals surface area (Å²) >= 11 is 0. The largest absolute Gasteiger partial charge is 0.391 e. The number of aromatic nitrogens is 2. The Morgan fingerprint density at radius 1 is 1.44 bits per heavy atom. The molecule has 1 aromatic rings. The van der Waals surface area contributed by atoms with E-state index in [-0.39, 0.29) is 12.1 Å². The third-order valence-electron chi connectivity index (χ3n) is 3.07. The first-order valence-corrected chi connectivity index (χ1v) is 5.98. The Hall–Kier alpha value is -1.16. The van der Waals surface area contributed by atoms with E-state index in [2.05, 4.69) is 22.2 Å². The lowest BCUT2D eigenvalue weighted by Gasteiger charge is -2.17. The number of anilines is 1. The van der Waals surface area contributed by atoms with E-state index in [0.717, 1.165) is 43.0 Å². The molecule has 0 radical (unpaired) electrons. The van der Waals surface area contributed by atoms with Crippen LogP contribution >= 0.6 is 0 Å². The van der Waals surface area contributed by atoms with Crippen LogP contribution in [-0.4, -0.2) is 27.2 Å². The van der Waals surface area contributed by atoms with Crippen molar-refractivity contribution >= 4 is 5.82 Å². The average molecular weight is 221 g/mol. The van der Waals surface area contributed by atoms with Crippen LogP contribution in [0.15, 0.2) is 6.07 Å². The maximum Gasteiger partial charge on any atom is 0.130 e. The van der Waals surface area contributed by atoms with Gasteiger partial charge in [-0.15, -0.1) is 0 Å². The van der Waals surface area contributed by atoms with Gasteiger partial charge in [0.15, 0.2) is 0 Å². The van der Waals surface area contributed by atoms with Crippen molar-refractivity contribution in [3.05, 3.63) is 17.6 Å². The Morgan fingerprint density at radius 3 is 2.88 bits per heavy atom. The van der Waals surface area contributed by atoms with Crippen LogP contribution in [-0.2, 0) is 6.42 Å². The van der Waals surface area contributed by atoms with Gasteiger partial charge in [-0.3, -0.25) is 0 Å². The average Bonchev–Trinajstić information content (AvgIpc) is 2.63. The van der Waals surface area contributed by atoms with E-state index in [1.54, 1.807) is 0 Å². The molecule has 4 heteroatoms. The number of hydrogen-bond donors (Lipinski definition) is 2. The topological polar surface area (TPSA) is 58.0 Å². The fraction of sp³-hybridized carbons (Fsp3) is 0.667. The van der Waals surface area contributed by atoms with Crippen LogP contribution in [0.5, 0.6) is 0 Å². The summed E-state index contributed by atoms with van der Waals surface area (Å²) in [5.41, 5.74) is 1.04. The zero-order valence-electron chi connectivity index (χ0n) is 9.90. The van der Waals surface area contributed by atoms with Crippen LogP contribution in [0.4, 0.5) is 5.82 Å². The minimum Gasteiger partial charge on any atom is -0.391 e. The van der Waals surface area contributed by atoms with E-state index in [1.165, 1.54) is 0 Å². The van der Waals surface area contributed by atoms with Gasteiger partial charge in [-0.2, -0.15) is 0 Å². The number of nitrogens with one attached hydrogen (secondary N) is 1. The van der Waals surface area contributed by atoms with Crippen LogP contribution in [0.1, 0.15) is 37.7 Å². The first-order valence-electron chi connectivity index (χ1n) is 5.98. The standard InChI is InChI=1S/C12H19N3O/c1-3-9-7-12(14-8(2)13-9)15-10-5-4-6-11(10)16/h7,10-11,16H,3-6H2,1-2H3,(H,13,14,15)/t10-,11-/m1/s1. The molecule has 0 saturated heterocycles. The van der Waals surface area contributed by atoms with Gasteiger partial charge >= 0.3 is 0 Å². The van der Waals surface area contributed by atoms with Gasteiger partial charge in [-0.25, -0.2) is 9.97 Å². The number of rotatable bonds is 3. The molecule has 1 aliphatic carbocycles. The number of aliphatic hydroxyl groups is 1. The molecule has 0 amide bonds. The van der Waals surface area contributed by atoms with Gasteiger partial charge in [0.2, 0.25) is 0 Å². The summed E-state index contributed by atoms with van der Waals surface area (Å²) in [5.74, 6) is 1.63. The van der Waals surface area contributed by atoms with E-state index < -0.39 is 0 Å². The van der Waals surface area contributed by atoms with Crippen molar-refractivity contribution in [1.82, 2.24) is 9.97 Å². The number of nitrogens with zero attached hydrogens (tertiary/aromatic N) is 2. The summed E-state index contributed by atoms with van der Waals surface area (Å²) in [6.45, 7) is 3.98. The molecule has 1 aliphatic rings. The van der Waals surface area contributed by atoms with Crippen molar-refractivity contribution in [1.29, 1.82) is 0 Å². The second kappa shape index (κ2) is 4.78. The van der Waals surface area contributed by atoms with Gasteiger partial charge in [0.1, 0.15) is 11.6 Å². The number of aryl methyl sites for hydroxylation is 2. The lowest BCUT2D eigenvalue weighted by molar-refractivity contribution is 0.171. The predicted octanol–water partition coefficient (Wildman–Crippen LogP) is 1.67. The van der Waals surface area contributed by atoms with Gasteiger partial charge in [0.25, 0.3) is 0 Å². The molecule has 0 aromatic carbocycles. The van der Waals surface area contributed by atoms with Crippen LogP contribution in [0, 0.1) is 6.92 Å². The lowest BCUT2D eigenvalue weighted by Crippen LogP contribution is -2.28. The zero-order chi connectivity index (χ0) is 11.5. The smallest absolute Gasteiger partial charge is 0.130 e. The summed E-state index contributed by atoms with van der Waals surface area (Å²) in [7, 11) is 0. The third kappa shape index (κ3) is 2.50. The molecule has 2 atom stereocenters. The van der Waals surface area contributed by atoms with E-state index in [4.69, 9.17) is 0 Å². The van der Waals surface area contributed by atoms with Gasteiger partial charge in [-0.05, 0) is 32.6 Å². The Balaban J connectivity index is 2.11. The molecule has 88 valence electrons. The van der Waals surface area contributed by atoms with Crippen LogP contribution in [0.25, 0.3) is 0 Å². The molecule has 0 unspecified atom stereocenters. The lowest BCUT2D eigenvalue weighted by atomic mass is 10.2. The van der Waals surface area contributed by atoms with Gasteiger partial charge in [-0.1, -0.05) is 6.92 Å². The second-order valence-electron chi connectivity index (χ2n) is 4.39. The normalized spacial score (nSPS) is 24.7. The molecule has 2 rings (SSSR count). The number of hydrogen-bond acceptors (Lipinski definition) is 4. The molecule has 1 heterocycles. The maximum atomic E-state index is 9.74. The Bertz CT molecular complexity index is 367. The summed E-state index contributed by atoms with van der Waals surface area (Å²) < 4.78 is 0. The molecule has 1 saturated carbocycles. The minimum absolute atomic E-state index is 0.152. The van der Waals surface area contributed by atoms with Gasteiger partial charge in [0, 0.05) is 11.8 Å². The molecule has 1 fully saturated rings. The fourth-order valence-corrected chi connectivity index (χ4v) is 2.18. The first-order chi connectivity index (χ1) is 7.69. The van der Waals surface area contributed by atoms with Crippen LogP contribution < -0.4 is 5.32 Å². The van der Waals surface area contributed by atoms with Gasteiger partial charge < -0.3 is 10.4 Å². The van der Waals surface area contributed by atoms with Crippen molar-refractivity contribution < 1.29 is 5.11 Å². The van der Waals surface area contributed by atoms with Crippen molar-refractivity contribution in [2.75, 3.05) is 5.32 Å². The molecule has 0 aliphatic heterocycles. The quantitative estimate of drug-likeness (QED) is 0.815. The highest BCUT2D eigenvalue weighted by Crippen LogP contribution is 2.22. The molecule has 0 spiro atoms. The summed E-state index contributed by atoms with van der Waals surface area (Å²) in [6, 6.07) is 2.12. The highest BCUT2D eigenvalue weighted by molar-refractivity contribution is 5.37. The van der Waals surface area contributed by atoms with Crippen LogP contribution in [0.2, 0.25) is 0 Å². The molecule has 16 heavy (non-hydrogen) atoms. The van der Waals surface area contributed by atoms with E-state index in [9.17, 15) is 5.11 Å². The fourth-order valence-electron chi connectivity index (χ4n) is 2.18. The summed E-state index contributed by atoms with van der Waals surface area (Å²) in [4.78, 5) is 8.68. The van der Waals surface area contributed by atoms with E-state index in [0.29, 0.717) is 0 Å². The van der Waals surface area contributed by atoms with Crippen molar-refractivity contribution in [2.24, 2.45) is 0 Å². The van der Waals surface area contributed by atoms with E-state index in [1.807, 2.05) is 13.0 Å². The molecule has 4 nitrogen and oxygen atoms in total. The first kappa shape index (κ1) is 11.3. The Morgan fingerprint density at radius 2 is 2.25 bits per heavy atom. The molecule has 0 bridgehead atoms. The molecule has 2 N–H and O–H groups in total. The Kier molecular flexibility index (Phi) is 3.39.